The zero-order chi connectivity index (χ0) is 12.9. The summed E-state index contributed by atoms with van der Waals surface area (Å²) in [6, 6.07) is -0.630. The first-order valence-corrected chi connectivity index (χ1v) is 5.79. The van der Waals surface area contributed by atoms with E-state index in [4.69, 9.17) is 5.11 Å². The first-order chi connectivity index (χ1) is 8.04. The van der Waals surface area contributed by atoms with Crippen LogP contribution in [0.4, 0.5) is 9.93 Å². The monoisotopic (exact) mass is 259 g/mol. The third kappa shape index (κ3) is 3.09. The van der Waals surface area contributed by atoms with Gasteiger partial charge < -0.3 is 10.4 Å². The molecule has 0 radical (unpaired) electrons. The second-order valence-corrected chi connectivity index (χ2v) is 4.07. The van der Waals surface area contributed by atoms with Gasteiger partial charge in [0.15, 0.2) is 0 Å². The van der Waals surface area contributed by atoms with Crippen molar-refractivity contribution in [3.05, 3.63) is 0 Å². The fourth-order valence-electron chi connectivity index (χ4n) is 1.31. The number of urea groups is 1. The Kier molecular flexibility index (Phi) is 4.32. The zero-order valence-electron chi connectivity index (χ0n) is 9.43. The zero-order valence-corrected chi connectivity index (χ0v) is 10.2. The normalized spacial score (nSPS) is 10.9. The van der Waals surface area contributed by atoms with Gasteiger partial charge in [-0.1, -0.05) is 23.4 Å². The standard InChI is InChI=1S/C8H13N5O3S/c1-3-8(4-2,5(14)15)10-6(16)9-7-11-12-13-17-7/h3-4H2,1-2H3,(H,14,15)(H2,9,10,11,13,16). The van der Waals surface area contributed by atoms with Gasteiger partial charge in [0.05, 0.1) is 0 Å². The molecule has 1 rings (SSSR count). The van der Waals surface area contributed by atoms with E-state index in [0.717, 1.165) is 11.5 Å². The van der Waals surface area contributed by atoms with Crippen LogP contribution in [0.2, 0.25) is 0 Å². The maximum Gasteiger partial charge on any atom is 0.329 e. The number of nitrogens with one attached hydrogen (secondary N) is 2. The molecule has 94 valence electrons. The van der Waals surface area contributed by atoms with E-state index in [2.05, 4.69) is 25.4 Å². The smallest absolute Gasteiger partial charge is 0.329 e. The Hall–Kier alpha value is -1.77. The van der Waals surface area contributed by atoms with Crippen molar-refractivity contribution in [2.45, 2.75) is 32.2 Å². The van der Waals surface area contributed by atoms with Crippen molar-refractivity contribution in [3.8, 4) is 0 Å². The Morgan fingerprint density at radius 3 is 2.47 bits per heavy atom. The van der Waals surface area contributed by atoms with Crippen LogP contribution in [0.15, 0.2) is 0 Å². The molecule has 0 bridgehead atoms. The average Bonchev–Trinajstić information content (AvgIpc) is 2.78. The summed E-state index contributed by atoms with van der Waals surface area (Å²) >= 11 is 0.909. The number of aliphatic carboxylic acids is 1. The summed E-state index contributed by atoms with van der Waals surface area (Å²) in [5.74, 6) is -1.06. The fraction of sp³-hybridized carbons (Fsp3) is 0.625. The number of hydrogen-bond acceptors (Lipinski definition) is 6. The van der Waals surface area contributed by atoms with Crippen LogP contribution in [0.3, 0.4) is 0 Å². The lowest BCUT2D eigenvalue weighted by atomic mass is 9.93. The highest BCUT2D eigenvalue weighted by Gasteiger charge is 2.36. The van der Waals surface area contributed by atoms with E-state index in [1.165, 1.54) is 0 Å². The third-order valence-corrected chi connectivity index (χ3v) is 3.00. The second kappa shape index (κ2) is 5.53. The van der Waals surface area contributed by atoms with Crippen LogP contribution in [-0.2, 0) is 4.79 Å². The molecule has 2 amide bonds. The van der Waals surface area contributed by atoms with E-state index in [-0.39, 0.29) is 5.13 Å². The number of aromatic nitrogens is 3. The molecule has 17 heavy (non-hydrogen) atoms. The number of hydrogen-bond donors (Lipinski definition) is 3. The Morgan fingerprint density at radius 1 is 1.41 bits per heavy atom. The molecule has 3 N–H and O–H groups in total. The minimum atomic E-state index is -1.26. The highest BCUT2D eigenvalue weighted by Crippen LogP contribution is 2.16. The topological polar surface area (TPSA) is 117 Å². The summed E-state index contributed by atoms with van der Waals surface area (Å²) in [4.78, 5) is 22.7. The van der Waals surface area contributed by atoms with E-state index >= 15 is 0 Å². The van der Waals surface area contributed by atoms with Gasteiger partial charge in [-0.3, -0.25) is 5.32 Å². The van der Waals surface area contributed by atoms with Crippen LogP contribution in [0, 0.1) is 0 Å². The molecule has 9 heteroatoms. The van der Waals surface area contributed by atoms with Crippen molar-refractivity contribution in [1.82, 2.24) is 20.1 Å². The van der Waals surface area contributed by atoms with Gasteiger partial charge in [0.25, 0.3) is 0 Å². The molecule has 1 aromatic heterocycles. The minimum absolute atomic E-state index is 0.217. The van der Waals surface area contributed by atoms with Crippen molar-refractivity contribution in [2.75, 3.05) is 5.32 Å². The molecule has 0 aliphatic rings. The first-order valence-electron chi connectivity index (χ1n) is 5.01. The molecule has 0 unspecified atom stereocenters. The number of anilines is 1. The number of nitrogens with zero attached hydrogens (tertiary/aromatic N) is 3. The quantitative estimate of drug-likeness (QED) is 0.716. The Labute approximate surface area is 102 Å². The summed E-state index contributed by atoms with van der Waals surface area (Å²) in [6.45, 7) is 3.40. The van der Waals surface area contributed by atoms with Crippen LogP contribution < -0.4 is 10.6 Å². The largest absolute Gasteiger partial charge is 0.480 e. The molecule has 0 spiro atoms. The molecule has 0 saturated heterocycles. The lowest BCUT2D eigenvalue weighted by molar-refractivity contribution is -0.144. The summed E-state index contributed by atoms with van der Waals surface area (Å²) < 4.78 is 3.47. The lowest BCUT2D eigenvalue weighted by Gasteiger charge is -2.27. The van der Waals surface area contributed by atoms with Gasteiger partial charge in [-0.15, -0.1) is 0 Å². The lowest BCUT2D eigenvalue weighted by Crippen LogP contribution is -2.54. The molecule has 0 aliphatic carbocycles. The van der Waals surface area contributed by atoms with Crippen molar-refractivity contribution in [1.29, 1.82) is 0 Å². The van der Waals surface area contributed by atoms with Crippen molar-refractivity contribution in [3.63, 3.8) is 0 Å². The molecule has 0 aromatic carbocycles. The molecule has 8 nitrogen and oxygen atoms in total. The summed E-state index contributed by atoms with van der Waals surface area (Å²) in [7, 11) is 0. The number of carbonyl (C=O) groups excluding carboxylic acids is 1. The summed E-state index contributed by atoms with van der Waals surface area (Å²) in [5, 5.41) is 21.0. The van der Waals surface area contributed by atoms with Crippen molar-refractivity contribution >= 4 is 28.7 Å². The molecule has 1 heterocycles. The van der Waals surface area contributed by atoms with Gasteiger partial charge in [-0.2, -0.15) is 0 Å². The molecule has 0 atom stereocenters. The van der Waals surface area contributed by atoms with Gasteiger partial charge in [0.2, 0.25) is 5.13 Å². The Morgan fingerprint density at radius 2 is 2.06 bits per heavy atom. The maximum atomic E-state index is 11.6. The van der Waals surface area contributed by atoms with E-state index in [1.807, 2.05) is 0 Å². The van der Waals surface area contributed by atoms with Crippen LogP contribution in [0.1, 0.15) is 26.7 Å². The molecule has 0 saturated carbocycles. The van der Waals surface area contributed by atoms with Crippen LogP contribution in [0.5, 0.6) is 0 Å². The van der Waals surface area contributed by atoms with Crippen molar-refractivity contribution in [2.24, 2.45) is 0 Å². The Bertz CT molecular complexity index is 390. The molecule has 0 aliphatic heterocycles. The predicted octanol–water partition coefficient (Wildman–Crippen LogP) is 0.698. The highest BCUT2D eigenvalue weighted by atomic mass is 32.1. The van der Waals surface area contributed by atoms with E-state index in [9.17, 15) is 9.59 Å². The van der Waals surface area contributed by atoms with Crippen LogP contribution >= 0.6 is 11.5 Å². The number of carboxylic acids is 1. The highest BCUT2D eigenvalue weighted by molar-refractivity contribution is 7.09. The van der Waals surface area contributed by atoms with Gasteiger partial charge >= 0.3 is 12.0 Å². The van der Waals surface area contributed by atoms with E-state index < -0.39 is 17.5 Å². The molecule has 1 aromatic rings. The SMILES string of the molecule is CCC(CC)(NC(=O)Nc1nnns1)C(=O)O. The van der Waals surface area contributed by atoms with E-state index in [1.54, 1.807) is 13.8 Å². The number of amides is 2. The van der Waals surface area contributed by atoms with Crippen molar-refractivity contribution < 1.29 is 14.7 Å². The van der Waals surface area contributed by atoms with Gasteiger partial charge in [0, 0.05) is 11.5 Å². The summed E-state index contributed by atoms with van der Waals surface area (Å²) in [6.07, 6.45) is 0.585. The van der Waals surface area contributed by atoms with Crippen LogP contribution in [-0.4, -0.2) is 37.4 Å². The average molecular weight is 259 g/mol. The number of carboxylic acid groups (broad SMARTS) is 1. The van der Waals surface area contributed by atoms with Gasteiger partial charge in [-0.25, -0.2) is 9.59 Å². The Balaban J connectivity index is 2.68. The third-order valence-electron chi connectivity index (χ3n) is 2.49. The summed E-state index contributed by atoms with van der Waals surface area (Å²) in [5.41, 5.74) is -1.26. The number of carbonyl (C=O) groups is 2. The number of rotatable bonds is 5. The first kappa shape index (κ1) is 13.3. The second-order valence-electron chi connectivity index (χ2n) is 3.34. The minimum Gasteiger partial charge on any atom is -0.480 e. The molecular weight excluding hydrogens is 246 g/mol. The molecule has 0 fully saturated rings. The maximum absolute atomic E-state index is 11.6. The van der Waals surface area contributed by atoms with Crippen LogP contribution in [0.25, 0.3) is 0 Å². The fourth-order valence-corrected chi connectivity index (χ4v) is 1.67. The van der Waals surface area contributed by atoms with Gasteiger partial charge in [0.1, 0.15) is 5.54 Å². The predicted molar refractivity (Wildman–Crippen MR) is 60.8 cm³/mol. The van der Waals surface area contributed by atoms with Gasteiger partial charge in [-0.05, 0) is 18.1 Å². The molecular formula is C8H13N5O3S. The van der Waals surface area contributed by atoms with E-state index in [0.29, 0.717) is 12.8 Å².